The van der Waals surface area contributed by atoms with E-state index >= 15 is 0 Å². The second kappa shape index (κ2) is 6.35. The molecule has 0 aliphatic carbocycles. The minimum absolute atomic E-state index is 0.182. The van der Waals surface area contributed by atoms with Crippen molar-refractivity contribution in [3.8, 4) is 11.5 Å². The van der Waals surface area contributed by atoms with E-state index in [2.05, 4.69) is 0 Å². The molecular formula is C12H15ClO4. The smallest absolute Gasteiger partial charge is 0.342 e. The molecule has 1 aromatic rings. The number of rotatable bonds is 5. The highest BCUT2D eigenvalue weighted by Gasteiger charge is 2.19. The predicted octanol–water partition coefficient (Wildman–Crippen LogP) is 2.62. The van der Waals surface area contributed by atoms with E-state index in [1.54, 1.807) is 19.1 Å². The van der Waals surface area contributed by atoms with Gasteiger partial charge in [-0.15, -0.1) is 11.6 Å². The lowest BCUT2D eigenvalue weighted by Crippen LogP contribution is -2.10. The summed E-state index contributed by atoms with van der Waals surface area (Å²) in [7, 11) is 3.02. The highest BCUT2D eigenvalue weighted by molar-refractivity contribution is 6.17. The zero-order valence-corrected chi connectivity index (χ0v) is 10.8. The van der Waals surface area contributed by atoms with Crippen molar-refractivity contribution in [3.05, 3.63) is 23.3 Å². The minimum Gasteiger partial charge on any atom is -0.497 e. The van der Waals surface area contributed by atoms with Crippen LogP contribution in [0.2, 0.25) is 0 Å². The van der Waals surface area contributed by atoms with Crippen LogP contribution in [-0.4, -0.2) is 26.8 Å². The molecule has 0 saturated carbocycles. The standard InChI is InChI=1S/C12H15ClO4/c1-4-17-12(14)11-8(7-13)5-9(15-2)6-10(11)16-3/h5-6H,4,7H2,1-3H3. The number of carbonyl (C=O) groups excluding carboxylic acids is 1. The summed E-state index contributed by atoms with van der Waals surface area (Å²) < 4.78 is 15.2. The first-order valence-electron chi connectivity index (χ1n) is 5.15. The van der Waals surface area contributed by atoms with Crippen LogP contribution in [0.15, 0.2) is 12.1 Å². The minimum atomic E-state index is -0.442. The molecule has 0 aliphatic heterocycles. The van der Waals surface area contributed by atoms with Crippen molar-refractivity contribution in [2.24, 2.45) is 0 Å². The van der Waals surface area contributed by atoms with Crippen LogP contribution >= 0.6 is 11.6 Å². The van der Waals surface area contributed by atoms with Crippen molar-refractivity contribution < 1.29 is 19.0 Å². The van der Waals surface area contributed by atoms with Crippen molar-refractivity contribution in [2.45, 2.75) is 12.8 Å². The quantitative estimate of drug-likeness (QED) is 0.602. The molecule has 1 aromatic carbocycles. The van der Waals surface area contributed by atoms with Crippen LogP contribution in [0.3, 0.4) is 0 Å². The summed E-state index contributed by atoms with van der Waals surface area (Å²) in [6.07, 6.45) is 0. The molecule has 0 unspecified atom stereocenters. The number of hydrogen-bond donors (Lipinski definition) is 0. The van der Waals surface area contributed by atoms with Crippen LogP contribution in [0.5, 0.6) is 11.5 Å². The lowest BCUT2D eigenvalue weighted by molar-refractivity contribution is 0.0521. The molecule has 0 heterocycles. The van der Waals surface area contributed by atoms with E-state index in [0.717, 1.165) is 0 Å². The van der Waals surface area contributed by atoms with Gasteiger partial charge in [0.25, 0.3) is 0 Å². The number of carbonyl (C=O) groups is 1. The third-order valence-corrected chi connectivity index (χ3v) is 2.52. The summed E-state index contributed by atoms with van der Waals surface area (Å²) in [6, 6.07) is 3.32. The Labute approximate surface area is 105 Å². The van der Waals surface area contributed by atoms with Crippen LogP contribution in [-0.2, 0) is 10.6 Å². The lowest BCUT2D eigenvalue weighted by atomic mass is 10.1. The Kier molecular flexibility index (Phi) is 5.10. The maximum atomic E-state index is 11.8. The fraction of sp³-hybridized carbons (Fsp3) is 0.417. The van der Waals surface area contributed by atoms with E-state index < -0.39 is 5.97 Å². The van der Waals surface area contributed by atoms with Crippen LogP contribution in [0, 0.1) is 0 Å². The van der Waals surface area contributed by atoms with Gasteiger partial charge in [0.1, 0.15) is 17.1 Å². The van der Waals surface area contributed by atoms with Gasteiger partial charge >= 0.3 is 5.97 Å². The van der Waals surface area contributed by atoms with E-state index in [9.17, 15) is 4.79 Å². The SMILES string of the molecule is CCOC(=O)c1c(CCl)cc(OC)cc1OC. The molecule has 0 bridgehead atoms. The third kappa shape index (κ3) is 3.03. The molecule has 0 radical (unpaired) electrons. The maximum Gasteiger partial charge on any atom is 0.342 e. The first kappa shape index (κ1) is 13.6. The fourth-order valence-electron chi connectivity index (χ4n) is 1.46. The van der Waals surface area contributed by atoms with Gasteiger partial charge in [-0.1, -0.05) is 0 Å². The monoisotopic (exact) mass is 258 g/mol. The molecule has 0 saturated heterocycles. The number of hydrogen-bond acceptors (Lipinski definition) is 4. The molecule has 17 heavy (non-hydrogen) atoms. The van der Waals surface area contributed by atoms with Gasteiger partial charge in [0.05, 0.1) is 20.8 Å². The molecule has 5 heteroatoms. The van der Waals surface area contributed by atoms with Gasteiger partial charge in [0, 0.05) is 11.9 Å². The van der Waals surface area contributed by atoms with E-state index in [-0.39, 0.29) is 5.88 Å². The van der Waals surface area contributed by atoms with Gasteiger partial charge in [-0.05, 0) is 18.6 Å². The summed E-state index contributed by atoms with van der Waals surface area (Å²) in [5.41, 5.74) is 0.978. The summed E-state index contributed by atoms with van der Waals surface area (Å²) in [6.45, 7) is 2.05. The van der Waals surface area contributed by atoms with Crippen molar-refractivity contribution in [1.82, 2.24) is 0 Å². The molecule has 0 aromatic heterocycles. The molecule has 0 atom stereocenters. The zero-order valence-electron chi connectivity index (χ0n) is 10.1. The average molecular weight is 259 g/mol. The van der Waals surface area contributed by atoms with Gasteiger partial charge in [0.15, 0.2) is 0 Å². The molecule has 0 amide bonds. The summed E-state index contributed by atoms with van der Waals surface area (Å²) >= 11 is 5.82. The van der Waals surface area contributed by atoms with E-state index in [4.69, 9.17) is 25.8 Å². The summed E-state index contributed by atoms with van der Waals surface area (Å²) in [4.78, 5) is 11.8. The number of ether oxygens (including phenoxy) is 3. The lowest BCUT2D eigenvalue weighted by Gasteiger charge is -2.13. The fourth-order valence-corrected chi connectivity index (χ4v) is 1.68. The molecule has 0 spiro atoms. The van der Waals surface area contributed by atoms with Crippen LogP contribution in [0.25, 0.3) is 0 Å². The first-order chi connectivity index (χ1) is 8.17. The molecule has 0 N–H and O–H groups in total. The Balaban J connectivity index is 3.29. The Bertz CT molecular complexity index is 378. The largest absolute Gasteiger partial charge is 0.497 e. The van der Waals surface area contributed by atoms with Crippen molar-refractivity contribution in [3.63, 3.8) is 0 Å². The van der Waals surface area contributed by atoms with E-state index in [1.165, 1.54) is 14.2 Å². The number of halogens is 1. The molecule has 0 fully saturated rings. The topological polar surface area (TPSA) is 44.8 Å². The normalized spacial score (nSPS) is 9.88. The first-order valence-corrected chi connectivity index (χ1v) is 5.69. The number of alkyl halides is 1. The van der Waals surface area contributed by atoms with Gasteiger partial charge in [-0.25, -0.2) is 4.79 Å². The maximum absolute atomic E-state index is 11.8. The van der Waals surface area contributed by atoms with Gasteiger partial charge in [-0.2, -0.15) is 0 Å². The van der Waals surface area contributed by atoms with Crippen molar-refractivity contribution >= 4 is 17.6 Å². The van der Waals surface area contributed by atoms with Crippen LogP contribution in [0.1, 0.15) is 22.8 Å². The Hall–Kier alpha value is -1.42. The zero-order chi connectivity index (χ0) is 12.8. The van der Waals surface area contributed by atoms with Gasteiger partial charge < -0.3 is 14.2 Å². The van der Waals surface area contributed by atoms with Crippen LogP contribution < -0.4 is 9.47 Å². The predicted molar refractivity (Wildman–Crippen MR) is 65.1 cm³/mol. The second-order valence-corrected chi connectivity index (χ2v) is 3.49. The van der Waals surface area contributed by atoms with Gasteiger partial charge in [0.2, 0.25) is 0 Å². The summed E-state index contributed by atoms with van der Waals surface area (Å²) in [5, 5.41) is 0. The van der Waals surface area contributed by atoms with E-state index in [1.807, 2.05) is 0 Å². The van der Waals surface area contributed by atoms with Crippen LogP contribution in [0.4, 0.5) is 0 Å². The Morgan fingerprint density at radius 1 is 1.29 bits per heavy atom. The number of methoxy groups -OCH3 is 2. The van der Waals surface area contributed by atoms with Gasteiger partial charge in [-0.3, -0.25) is 0 Å². The van der Waals surface area contributed by atoms with Crippen molar-refractivity contribution in [1.29, 1.82) is 0 Å². The average Bonchev–Trinajstić information content (AvgIpc) is 2.37. The highest BCUT2D eigenvalue weighted by Crippen LogP contribution is 2.30. The highest BCUT2D eigenvalue weighted by atomic mass is 35.5. The third-order valence-electron chi connectivity index (χ3n) is 2.24. The molecule has 1 rings (SSSR count). The second-order valence-electron chi connectivity index (χ2n) is 3.22. The molecule has 0 aliphatic rings. The number of benzene rings is 1. The Morgan fingerprint density at radius 2 is 2.00 bits per heavy atom. The molecule has 4 nitrogen and oxygen atoms in total. The molecular weight excluding hydrogens is 244 g/mol. The molecule has 94 valence electrons. The number of esters is 1. The van der Waals surface area contributed by atoms with Crippen molar-refractivity contribution in [2.75, 3.05) is 20.8 Å². The van der Waals surface area contributed by atoms with E-state index in [0.29, 0.717) is 29.2 Å². The Morgan fingerprint density at radius 3 is 2.47 bits per heavy atom. The summed E-state index contributed by atoms with van der Waals surface area (Å²) in [5.74, 6) is 0.730.